The number of benzene rings is 1. The molecule has 0 spiro atoms. The summed E-state index contributed by atoms with van der Waals surface area (Å²) in [5.74, 6) is 1.38. The van der Waals surface area contributed by atoms with Gasteiger partial charge in [-0.15, -0.1) is 0 Å². The third-order valence-electron chi connectivity index (χ3n) is 2.32. The molecule has 0 fully saturated rings. The van der Waals surface area contributed by atoms with E-state index in [4.69, 9.17) is 4.52 Å². The van der Waals surface area contributed by atoms with Crippen LogP contribution in [0.3, 0.4) is 0 Å². The number of hydrogen-bond acceptors (Lipinski definition) is 4. The van der Waals surface area contributed by atoms with E-state index in [2.05, 4.69) is 17.1 Å². The van der Waals surface area contributed by atoms with Crippen LogP contribution in [-0.2, 0) is 6.42 Å². The number of hydrogen-bond donors (Lipinski definition) is 1. The Bertz CT molecular complexity index is 466. The van der Waals surface area contributed by atoms with Crippen molar-refractivity contribution in [3.05, 3.63) is 30.1 Å². The summed E-state index contributed by atoms with van der Waals surface area (Å²) in [6, 6.07) is 6.80. The molecule has 1 N–H and O–H groups in total. The lowest BCUT2D eigenvalue weighted by Gasteiger charge is -1.94. The molecule has 16 heavy (non-hydrogen) atoms. The number of aromatic nitrogens is 2. The van der Waals surface area contributed by atoms with Gasteiger partial charge in [0, 0.05) is 12.0 Å². The predicted molar refractivity (Wildman–Crippen MR) is 60.0 cm³/mol. The molecule has 0 amide bonds. The van der Waals surface area contributed by atoms with E-state index >= 15 is 0 Å². The number of aryl methyl sites for hydroxylation is 1. The minimum atomic E-state index is 0.200. The van der Waals surface area contributed by atoms with Crippen LogP contribution in [0.1, 0.15) is 25.6 Å². The van der Waals surface area contributed by atoms with E-state index in [-0.39, 0.29) is 5.75 Å². The molecule has 0 unspecified atom stereocenters. The summed E-state index contributed by atoms with van der Waals surface area (Å²) >= 11 is 0. The van der Waals surface area contributed by atoms with Crippen LogP contribution in [0.5, 0.6) is 5.75 Å². The molecule has 0 radical (unpaired) electrons. The zero-order valence-corrected chi connectivity index (χ0v) is 9.18. The molecule has 0 atom stereocenters. The van der Waals surface area contributed by atoms with Crippen molar-refractivity contribution < 1.29 is 9.63 Å². The first kappa shape index (κ1) is 10.7. The normalized spacial score (nSPS) is 10.6. The Balaban J connectivity index is 2.18. The van der Waals surface area contributed by atoms with Gasteiger partial charge in [0.1, 0.15) is 5.75 Å². The maximum atomic E-state index is 9.33. The van der Waals surface area contributed by atoms with Gasteiger partial charge >= 0.3 is 0 Å². The highest BCUT2D eigenvalue weighted by Crippen LogP contribution is 2.21. The van der Waals surface area contributed by atoms with Crippen molar-refractivity contribution >= 4 is 0 Å². The quantitative estimate of drug-likeness (QED) is 0.857. The standard InChI is InChI=1S/C12H14N2O2/c1-2-3-7-11-13-12(16-14-11)9-5-4-6-10(15)8-9/h4-6,8,15H,2-3,7H2,1H3. The van der Waals surface area contributed by atoms with Crippen LogP contribution >= 0.6 is 0 Å². The fraction of sp³-hybridized carbons (Fsp3) is 0.333. The van der Waals surface area contributed by atoms with Gasteiger partial charge in [0.05, 0.1) is 0 Å². The summed E-state index contributed by atoms with van der Waals surface area (Å²) in [6.07, 6.45) is 2.99. The third-order valence-corrected chi connectivity index (χ3v) is 2.32. The number of aromatic hydroxyl groups is 1. The highest BCUT2D eigenvalue weighted by molar-refractivity contribution is 5.55. The molecule has 0 aliphatic carbocycles. The molecular weight excluding hydrogens is 204 g/mol. The Morgan fingerprint density at radius 3 is 3.00 bits per heavy atom. The molecule has 0 aliphatic rings. The summed E-state index contributed by atoms with van der Waals surface area (Å²) in [5.41, 5.74) is 0.746. The SMILES string of the molecule is CCCCc1noc(-c2cccc(O)c2)n1. The van der Waals surface area contributed by atoms with Crippen LogP contribution < -0.4 is 0 Å². The molecule has 1 aromatic heterocycles. The van der Waals surface area contributed by atoms with Crippen molar-refractivity contribution in [2.45, 2.75) is 26.2 Å². The molecule has 1 heterocycles. The summed E-state index contributed by atoms with van der Waals surface area (Å²) in [6.45, 7) is 2.12. The van der Waals surface area contributed by atoms with Crippen molar-refractivity contribution in [3.63, 3.8) is 0 Å². The van der Waals surface area contributed by atoms with Gasteiger partial charge in [0.25, 0.3) is 5.89 Å². The molecule has 2 rings (SSSR count). The van der Waals surface area contributed by atoms with Gasteiger partial charge < -0.3 is 9.63 Å². The minimum Gasteiger partial charge on any atom is -0.508 e. The second kappa shape index (κ2) is 4.79. The fourth-order valence-electron chi connectivity index (χ4n) is 1.45. The van der Waals surface area contributed by atoms with Crippen molar-refractivity contribution in [3.8, 4) is 17.2 Å². The van der Waals surface area contributed by atoms with Crippen LogP contribution in [0.15, 0.2) is 28.8 Å². The van der Waals surface area contributed by atoms with Crippen molar-refractivity contribution in [1.29, 1.82) is 0 Å². The maximum Gasteiger partial charge on any atom is 0.258 e. The van der Waals surface area contributed by atoms with Crippen LogP contribution in [-0.4, -0.2) is 15.2 Å². The van der Waals surface area contributed by atoms with Crippen LogP contribution in [0, 0.1) is 0 Å². The van der Waals surface area contributed by atoms with E-state index in [1.807, 2.05) is 6.07 Å². The molecule has 4 heteroatoms. The average Bonchev–Trinajstić information content (AvgIpc) is 2.75. The Labute approximate surface area is 93.9 Å². The lowest BCUT2D eigenvalue weighted by Crippen LogP contribution is -1.87. The topological polar surface area (TPSA) is 59.2 Å². The van der Waals surface area contributed by atoms with E-state index < -0.39 is 0 Å². The van der Waals surface area contributed by atoms with Gasteiger partial charge in [0.2, 0.25) is 0 Å². The summed E-state index contributed by atoms with van der Waals surface area (Å²) in [5, 5.41) is 13.2. The number of phenols is 1. The van der Waals surface area contributed by atoms with Crippen LogP contribution in [0.2, 0.25) is 0 Å². The van der Waals surface area contributed by atoms with Crippen LogP contribution in [0.4, 0.5) is 0 Å². The molecule has 2 aromatic rings. The van der Waals surface area contributed by atoms with Gasteiger partial charge in [0.15, 0.2) is 5.82 Å². The molecule has 4 nitrogen and oxygen atoms in total. The molecular formula is C12H14N2O2. The average molecular weight is 218 g/mol. The molecule has 84 valence electrons. The zero-order valence-electron chi connectivity index (χ0n) is 9.18. The Hall–Kier alpha value is -1.84. The van der Waals surface area contributed by atoms with Crippen molar-refractivity contribution in [2.75, 3.05) is 0 Å². The highest BCUT2D eigenvalue weighted by Gasteiger charge is 2.08. The Morgan fingerprint density at radius 1 is 1.38 bits per heavy atom. The van der Waals surface area contributed by atoms with Crippen LogP contribution in [0.25, 0.3) is 11.5 Å². The van der Waals surface area contributed by atoms with Gasteiger partial charge in [-0.2, -0.15) is 4.98 Å². The van der Waals surface area contributed by atoms with E-state index in [0.717, 1.165) is 30.7 Å². The second-order valence-electron chi connectivity index (χ2n) is 3.67. The van der Waals surface area contributed by atoms with E-state index in [1.54, 1.807) is 18.2 Å². The Kier molecular flexibility index (Phi) is 3.19. The first-order valence-corrected chi connectivity index (χ1v) is 5.41. The molecule has 1 aromatic carbocycles. The minimum absolute atomic E-state index is 0.200. The third kappa shape index (κ3) is 2.39. The highest BCUT2D eigenvalue weighted by atomic mass is 16.5. The lowest BCUT2D eigenvalue weighted by atomic mass is 10.2. The largest absolute Gasteiger partial charge is 0.508 e. The number of rotatable bonds is 4. The monoisotopic (exact) mass is 218 g/mol. The predicted octanol–water partition coefficient (Wildman–Crippen LogP) is 2.78. The smallest absolute Gasteiger partial charge is 0.258 e. The maximum absolute atomic E-state index is 9.33. The zero-order chi connectivity index (χ0) is 11.4. The number of unbranched alkanes of at least 4 members (excludes halogenated alkanes) is 1. The molecule has 0 saturated carbocycles. The second-order valence-corrected chi connectivity index (χ2v) is 3.67. The number of phenolic OH excluding ortho intramolecular Hbond substituents is 1. The summed E-state index contributed by atoms with van der Waals surface area (Å²) < 4.78 is 5.13. The van der Waals surface area contributed by atoms with E-state index in [1.165, 1.54) is 0 Å². The number of nitrogens with zero attached hydrogens (tertiary/aromatic N) is 2. The van der Waals surface area contributed by atoms with Gasteiger partial charge in [-0.3, -0.25) is 0 Å². The summed E-state index contributed by atoms with van der Waals surface area (Å²) in [4.78, 5) is 4.27. The molecule has 0 aliphatic heterocycles. The van der Waals surface area contributed by atoms with E-state index in [0.29, 0.717) is 5.89 Å². The Morgan fingerprint density at radius 2 is 2.25 bits per heavy atom. The van der Waals surface area contributed by atoms with Crippen molar-refractivity contribution in [2.24, 2.45) is 0 Å². The molecule has 0 saturated heterocycles. The van der Waals surface area contributed by atoms with Gasteiger partial charge in [-0.05, 0) is 24.6 Å². The van der Waals surface area contributed by atoms with E-state index in [9.17, 15) is 5.11 Å². The fourth-order valence-corrected chi connectivity index (χ4v) is 1.45. The van der Waals surface area contributed by atoms with Crippen molar-refractivity contribution in [1.82, 2.24) is 10.1 Å². The first-order valence-electron chi connectivity index (χ1n) is 5.41. The first-order chi connectivity index (χ1) is 7.79. The van der Waals surface area contributed by atoms with Gasteiger partial charge in [-0.1, -0.05) is 24.6 Å². The lowest BCUT2D eigenvalue weighted by molar-refractivity contribution is 0.421. The molecule has 0 bridgehead atoms. The summed E-state index contributed by atoms with van der Waals surface area (Å²) in [7, 11) is 0. The van der Waals surface area contributed by atoms with Gasteiger partial charge in [-0.25, -0.2) is 0 Å².